The predicted molar refractivity (Wildman–Crippen MR) is 141 cm³/mol. The first-order valence-electron chi connectivity index (χ1n) is 12.4. The summed E-state index contributed by atoms with van der Waals surface area (Å²) in [7, 11) is 0. The van der Waals surface area contributed by atoms with Crippen LogP contribution < -0.4 is 10.5 Å². The summed E-state index contributed by atoms with van der Waals surface area (Å²) in [5, 5.41) is 3.46. The maximum atomic E-state index is 12.2. The Morgan fingerprint density at radius 1 is 1.06 bits per heavy atom. The molecule has 2 N–H and O–H groups in total. The first-order valence-corrected chi connectivity index (χ1v) is 12.4. The molecule has 0 radical (unpaired) electrons. The third kappa shape index (κ3) is 5.41. The maximum absolute atomic E-state index is 12.2. The van der Waals surface area contributed by atoms with Crippen molar-refractivity contribution in [3.8, 4) is 5.75 Å². The zero-order valence-electron chi connectivity index (χ0n) is 20.2. The number of hydrogen-bond acceptors (Lipinski definition) is 5. The van der Waals surface area contributed by atoms with Gasteiger partial charge < -0.3 is 19.8 Å². The highest BCUT2D eigenvalue weighted by Crippen LogP contribution is 2.31. The van der Waals surface area contributed by atoms with Gasteiger partial charge >= 0.3 is 0 Å². The van der Waals surface area contributed by atoms with Gasteiger partial charge in [-0.2, -0.15) is 0 Å². The Labute approximate surface area is 206 Å². The summed E-state index contributed by atoms with van der Waals surface area (Å²) in [5.74, 6) is 1.42. The van der Waals surface area contributed by atoms with E-state index >= 15 is 0 Å². The lowest BCUT2D eigenvalue weighted by Gasteiger charge is -2.32. The monoisotopic (exact) mass is 468 g/mol. The van der Waals surface area contributed by atoms with Crippen molar-refractivity contribution in [2.45, 2.75) is 32.1 Å². The van der Waals surface area contributed by atoms with E-state index in [1.165, 1.54) is 35.3 Å². The molecule has 1 fully saturated rings. The third-order valence-corrected chi connectivity index (χ3v) is 6.83. The average molecular weight is 469 g/mol. The van der Waals surface area contributed by atoms with E-state index in [0.29, 0.717) is 23.8 Å². The quantitative estimate of drug-likeness (QED) is 0.187. The van der Waals surface area contributed by atoms with Crippen LogP contribution in [0.4, 0.5) is 0 Å². The number of nitrogens with zero attached hydrogens (tertiary/aromatic N) is 1. The Hall–Kier alpha value is -3.57. The molecule has 4 aromatic rings. The molecule has 5 rings (SSSR count). The number of ketones is 1. The number of hydrogen-bond donors (Lipinski definition) is 1. The van der Waals surface area contributed by atoms with Crippen LogP contribution in [0.25, 0.3) is 21.7 Å². The normalized spacial score (nSPS) is 15.6. The Bertz CT molecular complexity index is 1360. The molecule has 0 saturated carbocycles. The Balaban J connectivity index is 1.11. The maximum Gasteiger partial charge on any atom is 0.222 e. The number of carbonyl (C=O) groups excluding carboxylic acids is 1. The minimum atomic E-state index is -0.237. The highest BCUT2D eigenvalue weighted by molar-refractivity contribution is 6.05. The van der Waals surface area contributed by atoms with Gasteiger partial charge in [0.1, 0.15) is 11.3 Å². The molecule has 2 heterocycles. The molecule has 1 aromatic heterocycles. The van der Waals surface area contributed by atoms with Gasteiger partial charge in [-0.3, -0.25) is 4.79 Å². The lowest BCUT2D eigenvalue weighted by Crippen LogP contribution is -2.34. The van der Waals surface area contributed by atoms with Crippen molar-refractivity contribution in [1.29, 1.82) is 0 Å². The molecular formula is C30H32N2O3. The Morgan fingerprint density at radius 3 is 2.66 bits per heavy atom. The molecule has 0 bridgehead atoms. The van der Waals surface area contributed by atoms with Gasteiger partial charge in [0, 0.05) is 18.3 Å². The van der Waals surface area contributed by atoms with Crippen LogP contribution in [0.1, 0.15) is 48.2 Å². The number of furan rings is 1. The van der Waals surface area contributed by atoms with Crippen molar-refractivity contribution in [3.63, 3.8) is 0 Å². The summed E-state index contributed by atoms with van der Waals surface area (Å²) in [6, 6.07) is 22.9. The van der Waals surface area contributed by atoms with E-state index in [1.807, 2.05) is 18.2 Å². The predicted octanol–water partition coefficient (Wildman–Crippen LogP) is 6.28. The summed E-state index contributed by atoms with van der Waals surface area (Å²) in [6.07, 6.45) is 4.72. The molecule has 1 aliphatic heterocycles. The second-order valence-corrected chi connectivity index (χ2v) is 9.46. The highest BCUT2D eigenvalue weighted by atomic mass is 16.5. The van der Waals surface area contributed by atoms with Crippen molar-refractivity contribution < 1.29 is 13.9 Å². The minimum absolute atomic E-state index is 0.237. The number of fused-ring (bicyclic) bond motifs is 2. The summed E-state index contributed by atoms with van der Waals surface area (Å²) < 4.78 is 11.8. The van der Waals surface area contributed by atoms with Crippen LogP contribution in [0.15, 0.2) is 82.9 Å². The number of ether oxygens (including phenoxy) is 1. The number of benzene rings is 3. The van der Waals surface area contributed by atoms with Crippen molar-refractivity contribution in [2.75, 3.05) is 26.2 Å². The number of piperidine rings is 1. The largest absolute Gasteiger partial charge is 0.493 e. The van der Waals surface area contributed by atoms with Gasteiger partial charge in [-0.05, 0) is 79.7 Å². The number of likely N-dealkylation sites (tertiary alicyclic amines) is 1. The molecule has 0 aliphatic carbocycles. The molecule has 3 aromatic carbocycles. The van der Waals surface area contributed by atoms with E-state index in [2.05, 4.69) is 47.4 Å². The van der Waals surface area contributed by atoms with Crippen molar-refractivity contribution in [1.82, 2.24) is 4.90 Å². The smallest absolute Gasteiger partial charge is 0.222 e. The molecule has 1 saturated heterocycles. The van der Waals surface area contributed by atoms with Crippen LogP contribution in [0.5, 0.6) is 5.75 Å². The van der Waals surface area contributed by atoms with Gasteiger partial charge in [-0.15, -0.1) is 0 Å². The molecule has 35 heavy (non-hydrogen) atoms. The average Bonchev–Trinajstić information content (AvgIpc) is 3.32. The molecular weight excluding hydrogens is 436 g/mol. The standard InChI is InChI=1S/C30H32N2O3/c1-21(31)18-27(33)30-20-26-28(8-4-9-29(26)35-30)34-17-5-14-32-15-12-23(13-16-32)25-11-10-22-6-2-3-7-24(22)19-25/h2-4,6-11,18-20,23H,5,12-17,31H2,1H3. The molecule has 0 amide bonds. The lowest BCUT2D eigenvalue weighted by atomic mass is 9.88. The van der Waals surface area contributed by atoms with Crippen molar-refractivity contribution >= 4 is 27.5 Å². The second kappa shape index (κ2) is 10.4. The van der Waals surface area contributed by atoms with Crippen LogP contribution in [0, 0.1) is 0 Å². The van der Waals surface area contributed by atoms with Gasteiger partial charge in [0.2, 0.25) is 5.78 Å². The molecule has 1 aliphatic rings. The van der Waals surface area contributed by atoms with Gasteiger partial charge in [-0.1, -0.05) is 48.5 Å². The third-order valence-electron chi connectivity index (χ3n) is 6.83. The molecule has 0 atom stereocenters. The van der Waals surface area contributed by atoms with Crippen molar-refractivity contribution in [2.24, 2.45) is 5.73 Å². The zero-order valence-corrected chi connectivity index (χ0v) is 20.2. The highest BCUT2D eigenvalue weighted by Gasteiger charge is 2.20. The molecule has 0 unspecified atom stereocenters. The SMILES string of the molecule is CC(N)=CC(=O)c1cc2c(OCCCN3CCC(c4ccc5ccccc5c4)CC3)cccc2o1. The van der Waals surface area contributed by atoms with Crippen molar-refractivity contribution in [3.05, 3.63) is 89.8 Å². The molecule has 5 nitrogen and oxygen atoms in total. The Morgan fingerprint density at radius 2 is 1.86 bits per heavy atom. The van der Waals surface area contributed by atoms with Crippen LogP contribution >= 0.6 is 0 Å². The number of nitrogens with two attached hydrogens (primary N) is 1. The van der Waals surface area contributed by atoms with Gasteiger partial charge in [0.15, 0.2) is 5.76 Å². The van der Waals surface area contributed by atoms with Crippen LogP contribution in [-0.4, -0.2) is 36.9 Å². The van der Waals surface area contributed by atoms with E-state index < -0.39 is 0 Å². The van der Waals surface area contributed by atoms with E-state index in [4.69, 9.17) is 14.9 Å². The molecule has 5 heteroatoms. The Kier molecular flexibility index (Phi) is 6.87. The molecule has 180 valence electrons. The van der Waals surface area contributed by atoms with Crippen LogP contribution in [-0.2, 0) is 0 Å². The fourth-order valence-corrected chi connectivity index (χ4v) is 4.98. The van der Waals surface area contributed by atoms with Crippen LogP contribution in [0.2, 0.25) is 0 Å². The number of allylic oxidation sites excluding steroid dienone is 2. The summed E-state index contributed by atoms with van der Waals surface area (Å²) in [6.45, 7) is 5.57. The zero-order chi connectivity index (χ0) is 24.2. The number of rotatable bonds is 8. The summed E-state index contributed by atoms with van der Waals surface area (Å²) in [5.41, 5.74) is 8.19. The summed E-state index contributed by atoms with van der Waals surface area (Å²) >= 11 is 0. The van der Waals surface area contributed by atoms with E-state index in [1.54, 1.807) is 13.0 Å². The topological polar surface area (TPSA) is 68.7 Å². The minimum Gasteiger partial charge on any atom is -0.493 e. The first-order chi connectivity index (χ1) is 17.1. The number of carbonyl (C=O) groups is 1. The van der Waals surface area contributed by atoms with E-state index in [-0.39, 0.29) is 11.5 Å². The molecule has 0 spiro atoms. The van der Waals surface area contributed by atoms with Gasteiger partial charge in [0.05, 0.1) is 12.0 Å². The lowest BCUT2D eigenvalue weighted by molar-refractivity contribution is 0.102. The van der Waals surface area contributed by atoms with Gasteiger partial charge in [0.25, 0.3) is 0 Å². The fraction of sp³-hybridized carbons (Fsp3) is 0.300. The summed E-state index contributed by atoms with van der Waals surface area (Å²) in [4.78, 5) is 14.8. The van der Waals surface area contributed by atoms with Gasteiger partial charge in [-0.25, -0.2) is 0 Å². The first kappa shape index (κ1) is 23.2. The van der Waals surface area contributed by atoms with Crippen LogP contribution in [0.3, 0.4) is 0 Å². The fourth-order valence-electron chi connectivity index (χ4n) is 4.98. The van der Waals surface area contributed by atoms with E-state index in [9.17, 15) is 4.79 Å². The second-order valence-electron chi connectivity index (χ2n) is 9.46. The van der Waals surface area contributed by atoms with E-state index in [0.717, 1.165) is 37.2 Å².